The van der Waals surface area contributed by atoms with Gasteiger partial charge >= 0.3 is 0 Å². The second-order valence-electron chi connectivity index (χ2n) is 8.75. The van der Waals surface area contributed by atoms with Crippen molar-refractivity contribution in [3.05, 3.63) is 114 Å². The maximum Gasteiger partial charge on any atom is 0.144 e. The summed E-state index contributed by atoms with van der Waals surface area (Å²) in [5.41, 5.74) is 4.83. The summed E-state index contributed by atoms with van der Waals surface area (Å²) in [4.78, 5) is 7.82. The van der Waals surface area contributed by atoms with E-state index < -0.39 is 9.84 Å². The molecule has 3 heterocycles. The number of nitrogens with zero attached hydrogens (tertiary/aromatic N) is 3. The highest BCUT2D eigenvalue weighted by Crippen LogP contribution is 2.26. The van der Waals surface area contributed by atoms with Crippen LogP contribution in [0.5, 0.6) is 0 Å². The van der Waals surface area contributed by atoms with Gasteiger partial charge < -0.3 is 0 Å². The molecule has 0 unspecified atom stereocenters. The molecule has 3 aromatic heterocycles. The van der Waals surface area contributed by atoms with Crippen molar-refractivity contribution in [3.63, 3.8) is 0 Å². The molecule has 1 N–H and O–H groups in total. The normalized spacial score (nSPS) is 11.1. The van der Waals surface area contributed by atoms with E-state index in [4.69, 9.17) is 0 Å². The highest BCUT2D eigenvalue weighted by molar-refractivity contribution is 7.89. The zero-order chi connectivity index (χ0) is 27.2. The van der Waals surface area contributed by atoms with E-state index in [0.717, 1.165) is 24.1 Å². The Morgan fingerprint density at radius 2 is 1.25 bits per heavy atom. The van der Waals surface area contributed by atoms with Crippen LogP contribution in [0.4, 0.5) is 0 Å². The van der Waals surface area contributed by atoms with Crippen LogP contribution < -0.4 is 0 Å². The van der Waals surface area contributed by atoms with Gasteiger partial charge in [0.05, 0.1) is 6.20 Å². The minimum Gasteiger partial charge on any atom is -0.285 e. The molecule has 0 saturated heterocycles. The van der Waals surface area contributed by atoms with Crippen LogP contribution in [0.2, 0.25) is 0 Å². The first-order valence-electron chi connectivity index (χ1n) is 11.8. The summed E-state index contributed by atoms with van der Waals surface area (Å²) in [7, 11) is -2.67. The quantitative estimate of drug-likeness (QED) is 0.289. The molecule has 1 saturated carbocycles. The number of pyridine rings is 2. The lowest BCUT2D eigenvalue weighted by atomic mass is 10.2. The number of aromatic amines is 1. The van der Waals surface area contributed by atoms with Gasteiger partial charge in [-0.3, -0.25) is 15.1 Å². The average Bonchev–Trinajstić information content (AvgIpc) is 3.45. The zero-order valence-corrected chi connectivity index (χ0v) is 23.5. The van der Waals surface area contributed by atoms with Crippen LogP contribution >= 0.6 is 0 Å². The smallest absolute Gasteiger partial charge is 0.144 e. The van der Waals surface area contributed by atoms with Gasteiger partial charge in [-0.2, -0.15) is 5.10 Å². The minimum atomic E-state index is -2.67. The Bertz CT molecular complexity index is 1000. The number of H-pyrrole nitrogens is 1. The standard InChI is InChI=1S/C7H8.2C6H7N.C4H6N2.C4H8.C2H6O2S/c1-7-5-3-2-4-6-7;1-6-2-4-7-5-3-6;1-6-4-2-3-5-7-6;1-4-2-5-6-3-4;1-4-2-3-4;1-5(2,3)4/h2-6H,1H3;2*2-5H,1H3;2-3H,1H3,(H,5,6);4H,2-3H2,1H3;1-2H3. The minimum absolute atomic E-state index is 1.07. The predicted molar refractivity (Wildman–Crippen MR) is 152 cm³/mol. The number of rotatable bonds is 0. The molecule has 0 aliphatic heterocycles. The van der Waals surface area contributed by atoms with Gasteiger partial charge in [-0.15, -0.1) is 0 Å². The van der Waals surface area contributed by atoms with Crippen molar-refractivity contribution < 1.29 is 8.42 Å². The second kappa shape index (κ2) is 19.9. The van der Waals surface area contributed by atoms with Crippen LogP contribution in [-0.2, 0) is 9.84 Å². The molecule has 0 spiro atoms. The molecule has 1 aliphatic carbocycles. The molecular formula is C29H42N4O2S. The summed E-state index contributed by atoms with van der Waals surface area (Å²) in [5, 5.41) is 6.38. The van der Waals surface area contributed by atoms with E-state index in [1.54, 1.807) is 24.8 Å². The van der Waals surface area contributed by atoms with Crippen LogP contribution in [0.1, 0.15) is 42.1 Å². The van der Waals surface area contributed by atoms with Gasteiger partial charge in [0.2, 0.25) is 0 Å². The number of nitrogens with one attached hydrogen (secondary N) is 1. The molecule has 1 fully saturated rings. The van der Waals surface area contributed by atoms with Crippen LogP contribution in [0.15, 0.2) is 91.6 Å². The molecule has 6 nitrogen and oxygen atoms in total. The molecule has 5 rings (SSSR count). The summed E-state index contributed by atoms with van der Waals surface area (Å²) in [6.07, 6.45) is 14.3. The Morgan fingerprint density at radius 1 is 0.750 bits per heavy atom. The van der Waals surface area contributed by atoms with Crippen LogP contribution in [0.3, 0.4) is 0 Å². The fourth-order valence-corrected chi connectivity index (χ4v) is 1.89. The number of aryl methyl sites for hydroxylation is 4. The van der Waals surface area contributed by atoms with Crippen molar-refractivity contribution in [2.24, 2.45) is 5.92 Å². The fourth-order valence-electron chi connectivity index (χ4n) is 1.89. The monoisotopic (exact) mass is 510 g/mol. The van der Waals surface area contributed by atoms with Crippen molar-refractivity contribution in [2.45, 2.75) is 47.5 Å². The highest BCUT2D eigenvalue weighted by atomic mass is 32.2. The summed E-state index contributed by atoms with van der Waals surface area (Å²) in [5.74, 6) is 1.08. The Hall–Kier alpha value is -3.32. The fraction of sp³-hybridized carbons (Fsp3) is 0.345. The summed E-state index contributed by atoms with van der Waals surface area (Å²) >= 11 is 0. The van der Waals surface area contributed by atoms with Crippen molar-refractivity contribution in [1.29, 1.82) is 0 Å². The number of benzene rings is 1. The average molecular weight is 511 g/mol. The van der Waals surface area contributed by atoms with Crippen molar-refractivity contribution in [2.75, 3.05) is 12.5 Å². The molecular weight excluding hydrogens is 468 g/mol. The number of hydrogen-bond acceptors (Lipinski definition) is 5. The maximum atomic E-state index is 9.63. The Labute approximate surface area is 218 Å². The summed E-state index contributed by atoms with van der Waals surface area (Å²) in [6, 6.07) is 20.1. The van der Waals surface area contributed by atoms with E-state index in [1.165, 1.54) is 29.5 Å². The van der Waals surface area contributed by atoms with E-state index in [2.05, 4.69) is 46.1 Å². The van der Waals surface area contributed by atoms with Gasteiger partial charge in [0.15, 0.2) is 0 Å². The maximum absolute atomic E-state index is 9.63. The first-order chi connectivity index (χ1) is 17.0. The molecule has 0 atom stereocenters. The van der Waals surface area contributed by atoms with Crippen LogP contribution in [-0.4, -0.2) is 41.1 Å². The molecule has 1 aromatic carbocycles. The third-order valence-corrected chi connectivity index (χ3v) is 4.10. The van der Waals surface area contributed by atoms with Crippen LogP contribution in [0, 0.1) is 33.6 Å². The van der Waals surface area contributed by atoms with Gasteiger partial charge in [0.25, 0.3) is 0 Å². The molecule has 0 radical (unpaired) electrons. The zero-order valence-electron chi connectivity index (χ0n) is 22.7. The first kappa shape index (κ1) is 32.7. The predicted octanol–water partition coefficient (Wildman–Crippen LogP) is 6.57. The molecule has 36 heavy (non-hydrogen) atoms. The van der Waals surface area contributed by atoms with Gasteiger partial charge in [0.1, 0.15) is 9.84 Å². The van der Waals surface area contributed by atoms with Gasteiger partial charge in [-0.05, 0) is 69.0 Å². The number of hydrogen-bond donors (Lipinski definition) is 1. The third-order valence-electron chi connectivity index (χ3n) is 4.10. The lowest BCUT2D eigenvalue weighted by Gasteiger charge is -1.82. The summed E-state index contributed by atoms with van der Waals surface area (Å²) in [6.45, 7) is 10.4. The Balaban J connectivity index is 0.000000412. The van der Waals surface area contributed by atoms with Gasteiger partial charge in [0, 0.05) is 43.0 Å². The largest absolute Gasteiger partial charge is 0.285 e. The second-order valence-corrected chi connectivity index (χ2v) is 11.0. The summed E-state index contributed by atoms with van der Waals surface area (Å²) < 4.78 is 19.3. The molecule has 0 bridgehead atoms. The molecule has 4 aromatic rings. The van der Waals surface area contributed by atoms with Gasteiger partial charge in [-0.1, -0.05) is 61.7 Å². The Kier molecular flexibility index (Phi) is 18.1. The Morgan fingerprint density at radius 3 is 1.44 bits per heavy atom. The molecule has 7 heteroatoms. The van der Waals surface area contributed by atoms with Crippen LogP contribution in [0.25, 0.3) is 0 Å². The van der Waals surface area contributed by atoms with E-state index in [-0.39, 0.29) is 0 Å². The van der Waals surface area contributed by atoms with Crippen molar-refractivity contribution >= 4 is 9.84 Å². The number of aromatic nitrogens is 4. The van der Waals surface area contributed by atoms with E-state index >= 15 is 0 Å². The number of sulfone groups is 1. The topological polar surface area (TPSA) is 88.6 Å². The molecule has 1 aliphatic rings. The molecule has 196 valence electrons. The lowest BCUT2D eigenvalue weighted by molar-refractivity contribution is 0.607. The highest BCUT2D eigenvalue weighted by Gasteiger charge is 2.12. The van der Waals surface area contributed by atoms with Crippen molar-refractivity contribution in [1.82, 2.24) is 20.2 Å². The van der Waals surface area contributed by atoms with E-state index in [1.807, 2.05) is 75.5 Å². The SMILES string of the molecule is CC1CC1.CS(C)(=O)=O.Cc1ccccc1.Cc1ccccn1.Cc1ccncc1.Cc1cn[nH]c1. The van der Waals surface area contributed by atoms with E-state index in [9.17, 15) is 8.42 Å². The third kappa shape index (κ3) is 28.7. The lowest BCUT2D eigenvalue weighted by Crippen LogP contribution is -1.86. The van der Waals surface area contributed by atoms with E-state index in [0.29, 0.717) is 0 Å². The van der Waals surface area contributed by atoms with Crippen molar-refractivity contribution in [3.8, 4) is 0 Å². The molecule has 0 amide bonds. The van der Waals surface area contributed by atoms with Gasteiger partial charge in [-0.25, -0.2) is 8.42 Å². The first-order valence-corrected chi connectivity index (χ1v) is 14.1.